The zero-order valence-corrected chi connectivity index (χ0v) is 24.2. The molecule has 1 fully saturated rings. The van der Waals surface area contributed by atoms with Crippen molar-refractivity contribution in [3.8, 4) is 0 Å². The van der Waals surface area contributed by atoms with Gasteiger partial charge < -0.3 is 24.4 Å². The van der Waals surface area contributed by atoms with Crippen molar-refractivity contribution in [3.63, 3.8) is 0 Å². The van der Waals surface area contributed by atoms with Gasteiger partial charge >= 0.3 is 5.97 Å². The number of esters is 1. The number of likely N-dealkylation sites (tertiary alicyclic amines) is 1. The minimum atomic E-state index is -0.675. The smallest absolute Gasteiger partial charge is 0.337 e. The monoisotopic (exact) mass is 591 g/mol. The van der Waals surface area contributed by atoms with Crippen LogP contribution in [0, 0.1) is 17.6 Å². The van der Waals surface area contributed by atoms with Crippen LogP contribution in [-0.2, 0) is 35.8 Å². The molecule has 1 aliphatic rings. The number of allylic oxidation sites excluding steroid dienone is 2. The van der Waals surface area contributed by atoms with Crippen molar-refractivity contribution < 1.29 is 23.1 Å². The molecular formula is C31H35F2N7O3. The molecule has 12 heteroatoms. The van der Waals surface area contributed by atoms with Crippen molar-refractivity contribution in [2.45, 2.75) is 46.0 Å². The van der Waals surface area contributed by atoms with Crippen LogP contribution in [0.4, 0.5) is 8.78 Å². The number of ether oxygens (including phenoxy) is 1. The van der Waals surface area contributed by atoms with Crippen LogP contribution in [0.2, 0.25) is 0 Å². The first-order chi connectivity index (χ1) is 20.9. The standard InChI is InChI=1S/C31H35F2N7O3/c1-3-39-20-35-16-25(39)17-40-29-14-22(31(41)42-2)5-7-28(29)37-30(40)18-38-12-9-21(10-13-38)27(34)8-11-36-43-19-23-4-6-24(32)15-26(23)33/h4-8,11,14-16,20-21H,3,9-10,12-13,17-19,34H2,1-2H3/b27-8-,36-11+. The summed E-state index contributed by atoms with van der Waals surface area (Å²) in [6.45, 7) is 5.66. The molecular weight excluding hydrogens is 556 g/mol. The molecule has 2 N–H and O–H groups in total. The zero-order chi connectivity index (χ0) is 30.3. The molecule has 2 aromatic carbocycles. The number of piperidine rings is 1. The van der Waals surface area contributed by atoms with Crippen molar-refractivity contribution in [1.29, 1.82) is 0 Å². The van der Waals surface area contributed by atoms with Crippen LogP contribution in [0.15, 0.2) is 65.9 Å². The number of aryl methyl sites for hydroxylation is 1. The maximum atomic E-state index is 13.7. The summed E-state index contributed by atoms with van der Waals surface area (Å²) in [6.07, 6.45) is 8.57. The Balaban J connectivity index is 1.23. The maximum absolute atomic E-state index is 13.7. The van der Waals surface area contributed by atoms with Gasteiger partial charge in [0.15, 0.2) is 0 Å². The Kier molecular flexibility index (Phi) is 9.45. The quantitative estimate of drug-likeness (QED) is 0.154. The topological polar surface area (TPSA) is 113 Å². The highest BCUT2D eigenvalue weighted by molar-refractivity contribution is 5.93. The first kappa shape index (κ1) is 29.9. The van der Waals surface area contributed by atoms with E-state index in [0.29, 0.717) is 24.4 Å². The first-order valence-corrected chi connectivity index (χ1v) is 14.2. The molecule has 1 saturated heterocycles. The van der Waals surface area contributed by atoms with Gasteiger partial charge in [-0.3, -0.25) is 4.90 Å². The van der Waals surface area contributed by atoms with Gasteiger partial charge in [-0.2, -0.15) is 0 Å². The van der Waals surface area contributed by atoms with Crippen molar-refractivity contribution in [2.24, 2.45) is 16.8 Å². The summed E-state index contributed by atoms with van der Waals surface area (Å²) in [5.41, 5.74) is 10.5. The average molecular weight is 592 g/mol. The Bertz CT molecular complexity index is 1640. The maximum Gasteiger partial charge on any atom is 0.337 e. The summed E-state index contributed by atoms with van der Waals surface area (Å²) in [6, 6.07) is 8.75. The molecule has 226 valence electrons. The van der Waals surface area contributed by atoms with Crippen LogP contribution >= 0.6 is 0 Å². The average Bonchev–Trinajstić information content (AvgIpc) is 3.61. The molecule has 0 aliphatic carbocycles. The third kappa shape index (κ3) is 7.08. The minimum absolute atomic E-state index is 0.107. The van der Waals surface area contributed by atoms with Gasteiger partial charge in [-0.05, 0) is 69.3 Å². The molecule has 0 bridgehead atoms. The van der Waals surface area contributed by atoms with E-state index in [1.165, 1.54) is 25.5 Å². The van der Waals surface area contributed by atoms with Gasteiger partial charge in [-0.15, -0.1) is 0 Å². The Hall–Kier alpha value is -4.58. The van der Waals surface area contributed by atoms with Gasteiger partial charge in [0, 0.05) is 36.0 Å². The van der Waals surface area contributed by atoms with Crippen molar-refractivity contribution in [2.75, 3.05) is 20.2 Å². The number of nitrogens with zero attached hydrogens (tertiary/aromatic N) is 6. The van der Waals surface area contributed by atoms with Crippen LogP contribution in [0.1, 0.15) is 47.2 Å². The number of methoxy groups -OCH3 is 1. The summed E-state index contributed by atoms with van der Waals surface area (Å²) >= 11 is 0. The van der Waals surface area contributed by atoms with Crippen LogP contribution in [0.25, 0.3) is 11.0 Å². The fourth-order valence-corrected chi connectivity index (χ4v) is 5.31. The van der Waals surface area contributed by atoms with Gasteiger partial charge in [0.1, 0.15) is 24.1 Å². The molecule has 0 atom stereocenters. The molecule has 2 aromatic heterocycles. The highest BCUT2D eigenvalue weighted by atomic mass is 19.1. The molecule has 43 heavy (non-hydrogen) atoms. The summed E-state index contributed by atoms with van der Waals surface area (Å²) in [7, 11) is 1.37. The van der Waals surface area contributed by atoms with Crippen LogP contribution in [-0.4, -0.2) is 56.4 Å². The number of fused-ring (bicyclic) bond motifs is 1. The number of carbonyl (C=O) groups excluding carboxylic acids is 1. The third-order valence-electron chi connectivity index (χ3n) is 7.77. The summed E-state index contributed by atoms with van der Waals surface area (Å²) in [5, 5.41) is 3.83. The fourth-order valence-electron chi connectivity index (χ4n) is 5.31. The number of rotatable bonds is 11. The van der Waals surface area contributed by atoms with Crippen LogP contribution < -0.4 is 5.73 Å². The van der Waals surface area contributed by atoms with Crippen LogP contribution in [0.3, 0.4) is 0 Å². The van der Waals surface area contributed by atoms with Crippen molar-refractivity contribution in [1.82, 2.24) is 24.0 Å². The number of imidazole rings is 2. The Morgan fingerprint density at radius 1 is 1.16 bits per heavy atom. The first-order valence-electron chi connectivity index (χ1n) is 14.2. The number of hydrogen-bond donors (Lipinski definition) is 1. The SMILES string of the molecule is CCn1cncc1Cn1c(CN2CCC(/C(N)=C/C=N/OCc3ccc(F)cc3F)CC2)nc2ccc(C(=O)OC)cc21. The molecule has 0 amide bonds. The molecule has 0 saturated carbocycles. The normalized spacial score (nSPS) is 15.0. The predicted octanol–water partition coefficient (Wildman–Crippen LogP) is 4.62. The molecule has 0 radical (unpaired) electrons. The van der Waals surface area contributed by atoms with Gasteiger partial charge in [-0.25, -0.2) is 23.5 Å². The fraction of sp³-hybridized carbons (Fsp3) is 0.355. The van der Waals surface area contributed by atoms with E-state index in [-0.39, 0.29) is 24.1 Å². The second-order valence-electron chi connectivity index (χ2n) is 10.5. The van der Waals surface area contributed by atoms with E-state index >= 15 is 0 Å². The number of benzene rings is 2. The third-order valence-corrected chi connectivity index (χ3v) is 7.77. The zero-order valence-electron chi connectivity index (χ0n) is 24.2. The van der Waals surface area contributed by atoms with Gasteiger partial charge in [-0.1, -0.05) is 5.16 Å². The van der Waals surface area contributed by atoms with E-state index in [1.54, 1.807) is 12.1 Å². The highest BCUT2D eigenvalue weighted by Gasteiger charge is 2.23. The molecule has 4 aromatic rings. The van der Waals surface area contributed by atoms with E-state index in [9.17, 15) is 13.6 Å². The number of nitrogens with two attached hydrogens (primary N) is 1. The Labute approximate surface area is 248 Å². The van der Waals surface area contributed by atoms with E-state index in [0.717, 1.165) is 61.1 Å². The second kappa shape index (κ2) is 13.6. The van der Waals surface area contributed by atoms with Gasteiger partial charge in [0.2, 0.25) is 0 Å². The molecule has 0 spiro atoms. The number of carbonyl (C=O) groups is 1. The molecule has 5 rings (SSSR count). The predicted molar refractivity (Wildman–Crippen MR) is 158 cm³/mol. The minimum Gasteiger partial charge on any atom is -0.465 e. The van der Waals surface area contributed by atoms with Crippen molar-refractivity contribution >= 4 is 23.2 Å². The largest absolute Gasteiger partial charge is 0.465 e. The van der Waals surface area contributed by atoms with E-state index in [4.69, 9.17) is 20.3 Å². The number of aromatic nitrogens is 4. The van der Waals surface area contributed by atoms with E-state index < -0.39 is 11.6 Å². The van der Waals surface area contributed by atoms with E-state index in [2.05, 4.69) is 31.1 Å². The number of halogens is 2. The van der Waals surface area contributed by atoms with Gasteiger partial charge in [0.05, 0.1) is 55.0 Å². The lowest BCUT2D eigenvalue weighted by atomic mass is 9.93. The Morgan fingerprint density at radius 2 is 1.98 bits per heavy atom. The molecule has 1 aliphatic heterocycles. The number of oxime groups is 1. The Morgan fingerprint density at radius 3 is 2.72 bits per heavy atom. The lowest BCUT2D eigenvalue weighted by Gasteiger charge is -2.32. The summed E-state index contributed by atoms with van der Waals surface area (Å²) in [4.78, 5) is 29.0. The second-order valence-corrected chi connectivity index (χ2v) is 10.5. The molecule has 10 nitrogen and oxygen atoms in total. The van der Waals surface area contributed by atoms with Gasteiger partial charge in [0.25, 0.3) is 0 Å². The van der Waals surface area contributed by atoms with Crippen LogP contribution in [0.5, 0.6) is 0 Å². The van der Waals surface area contributed by atoms with E-state index in [1.807, 2.05) is 24.7 Å². The lowest BCUT2D eigenvalue weighted by Crippen LogP contribution is -2.35. The molecule has 3 heterocycles. The number of hydrogen-bond acceptors (Lipinski definition) is 8. The summed E-state index contributed by atoms with van der Waals surface area (Å²) < 4.78 is 35.9. The highest BCUT2D eigenvalue weighted by Crippen LogP contribution is 2.25. The molecule has 0 unspecified atom stereocenters. The van der Waals surface area contributed by atoms with Crippen molar-refractivity contribution in [3.05, 3.63) is 95.0 Å². The lowest BCUT2D eigenvalue weighted by molar-refractivity contribution is 0.0601. The summed E-state index contributed by atoms with van der Waals surface area (Å²) in [5.74, 6) is -0.603.